The number of carbonyl (C=O) groups excluding carboxylic acids is 1. The molecular weight excluding hydrogens is 292 g/mol. The van der Waals surface area contributed by atoms with Gasteiger partial charge in [0, 0.05) is 5.56 Å². The predicted molar refractivity (Wildman–Crippen MR) is 67.0 cm³/mol. The van der Waals surface area contributed by atoms with Crippen LogP contribution >= 0.6 is 0 Å². The molecule has 0 aromatic heterocycles. The fourth-order valence-corrected chi connectivity index (χ4v) is 1.64. The van der Waals surface area contributed by atoms with Crippen LogP contribution in [0.2, 0.25) is 0 Å². The van der Waals surface area contributed by atoms with Gasteiger partial charge in [-0.05, 0) is 13.8 Å². The quantitative estimate of drug-likeness (QED) is 0.542. The van der Waals surface area contributed by atoms with E-state index < -0.39 is 0 Å². The van der Waals surface area contributed by atoms with Gasteiger partial charge in [-0.25, -0.2) is 0 Å². The first kappa shape index (κ1) is 14.6. The third-order valence-electron chi connectivity index (χ3n) is 2.71. The molecule has 1 aromatic rings. The summed E-state index contributed by atoms with van der Waals surface area (Å²) < 4.78 is 0. The zero-order valence-electron chi connectivity index (χ0n) is 10.6. The average molecular weight is 308 g/mol. The van der Waals surface area contributed by atoms with Crippen molar-refractivity contribution in [2.45, 2.75) is 13.8 Å². The highest BCUT2D eigenvalue weighted by atomic mass is 79.9. The SMILES string of the molecule is CCN1[C+]N(CC(=O)c2ccc(C)cc2)C=C1.[Br-]. The molecule has 0 N–H and O–H groups in total. The minimum absolute atomic E-state index is 0. The van der Waals surface area contributed by atoms with Gasteiger partial charge in [0.1, 0.15) is 6.54 Å². The first-order valence-corrected chi connectivity index (χ1v) is 5.77. The fourth-order valence-electron chi connectivity index (χ4n) is 1.64. The van der Waals surface area contributed by atoms with E-state index in [-0.39, 0.29) is 22.8 Å². The van der Waals surface area contributed by atoms with Gasteiger partial charge in [0.25, 0.3) is 0 Å². The first-order chi connectivity index (χ1) is 8.19. The number of aryl methyl sites for hydroxylation is 1. The Hall–Kier alpha value is -1.42. The number of hydrogen-bond donors (Lipinski definition) is 0. The third-order valence-corrected chi connectivity index (χ3v) is 2.71. The molecule has 1 radical (unpaired) electrons. The van der Waals surface area contributed by atoms with Crippen LogP contribution in [0.5, 0.6) is 0 Å². The normalized spacial score (nSPS) is 13.2. The van der Waals surface area contributed by atoms with Gasteiger partial charge in [0.05, 0.1) is 18.9 Å². The standard InChI is InChI=1S/C14H16N2O.BrH/c1-3-15-8-9-16(11-15)10-14(17)13-6-4-12(2)5-7-13;/h4-9H,3,10H2,1-2H3;1H/q+1;/p-1. The van der Waals surface area contributed by atoms with E-state index in [9.17, 15) is 4.79 Å². The van der Waals surface area contributed by atoms with Gasteiger partial charge in [0.2, 0.25) is 0 Å². The number of nitrogens with zero attached hydrogens (tertiary/aromatic N) is 2. The van der Waals surface area contributed by atoms with Gasteiger partial charge < -0.3 is 17.0 Å². The molecule has 0 spiro atoms. The Morgan fingerprint density at radius 1 is 1.17 bits per heavy atom. The zero-order valence-corrected chi connectivity index (χ0v) is 12.1. The van der Waals surface area contributed by atoms with Gasteiger partial charge in [0.15, 0.2) is 5.78 Å². The molecule has 1 heterocycles. The molecule has 1 aliphatic rings. The predicted octanol–water partition coefficient (Wildman–Crippen LogP) is -0.713. The monoisotopic (exact) mass is 307 g/mol. The van der Waals surface area contributed by atoms with Crippen LogP contribution in [0.25, 0.3) is 0 Å². The van der Waals surface area contributed by atoms with Crippen molar-refractivity contribution in [2.75, 3.05) is 13.1 Å². The summed E-state index contributed by atoms with van der Waals surface area (Å²) in [5, 5.41) is 0. The number of rotatable bonds is 4. The number of halogens is 1. The molecule has 1 aliphatic heterocycles. The summed E-state index contributed by atoms with van der Waals surface area (Å²) in [6, 6.07) is 7.65. The Morgan fingerprint density at radius 3 is 2.33 bits per heavy atom. The molecular formula is C14H16BrN2O. The average Bonchev–Trinajstić information content (AvgIpc) is 2.77. The van der Waals surface area contributed by atoms with Crippen molar-refractivity contribution < 1.29 is 21.8 Å². The van der Waals surface area contributed by atoms with Crippen molar-refractivity contribution in [3.63, 3.8) is 0 Å². The number of hydrogen-bond acceptors (Lipinski definition) is 3. The van der Waals surface area contributed by atoms with Gasteiger partial charge >= 0.3 is 6.67 Å². The summed E-state index contributed by atoms with van der Waals surface area (Å²) in [7, 11) is 0. The number of carbonyl (C=O) groups is 1. The number of Topliss-reactive ketones (excluding diaryl/α,β-unsaturated/α-hetero) is 1. The Morgan fingerprint density at radius 2 is 1.78 bits per heavy atom. The molecule has 2 rings (SSSR count). The highest BCUT2D eigenvalue weighted by molar-refractivity contribution is 5.97. The topological polar surface area (TPSA) is 23.6 Å². The molecule has 0 fully saturated rings. The lowest BCUT2D eigenvalue weighted by Crippen LogP contribution is -3.00. The highest BCUT2D eigenvalue weighted by Crippen LogP contribution is 2.12. The summed E-state index contributed by atoms with van der Waals surface area (Å²) in [4.78, 5) is 15.7. The molecule has 0 atom stereocenters. The first-order valence-electron chi connectivity index (χ1n) is 5.77. The van der Waals surface area contributed by atoms with E-state index in [0.29, 0.717) is 6.54 Å². The number of benzene rings is 1. The van der Waals surface area contributed by atoms with Gasteiger partial charge in [-0.2, -0.15) is 0 Å². The van der Waals surface area contributed by atoms with Gasteiger partial charge in [-0.1, -0.05) is 29.8 Å². The lowest BCUT2D eigenvalue weighted by Gasteiger charge is -2.03. The van der Waals surface area contributed by atoms with Crippen molar-refractivity contribution >= 4 is 5.78 Å². The number of ketones is 1. The molecule has 0 saturated heterocycles. The molecule has 4 heteroatoms. The molecule has 3 nitrogen and oxygen atoms in total. The summed E-state index contributed by atoms with van der Waals surface area (Å²) in [6.45, 7) is 8.35. The van der Waals surface area contributed by atoms with Crippen molar-refractivity contribution in [1.29, 1.82) is 0 Å². The van der Waals surface area contributed by atoms with Crippen molar-refractivity contribution in [2.24, 2.45) is 0 Å². The van der Waals surface area contributed by atoms with Crippen LogP contribution < -0.4 is 17.0 Å². The van der Waals surface area contributed by atoms with Crippen LogP contribution in [-0.2, 0) is 0 Å². The highest BCUT2D eigenvalue weighted by Gasteiger charge is 2.31. The van der Waals surface area contributed by atoms with E-state index in [1.54, 1.807) is 4.90 Å². The maximum Gasteiger partial charge on any atom is 0.564 e. The molecule has 0 bridgehead atoms. The van der Waals surface area contributed by atoms with Crippen molar-refractivity contribution in [1.82, 2.24) is 9.80 Å². The molecule has 1 aromatic carbocycles. The van der Waals surface area contributed by atoms with E-state index in [2.05, 4.69) is 6.67 Å². The maximum absolute atomic E-state index is 12.0. The summed E-state index contributed by atoms with van der Waals surface area (Å²) >= 11 is 0. The van der Waals surface area contributed by atoms with E-state index in [1.165, 1.54) is 0 Å². The Kier molecular flexibility index (Phi) is 5.28. The summed E-state index contributed by atoms with van der Waals surface area (Å²) in [6.07, 6.45) is 3.79. The van der Waals surface area contributed by atoms with Gasteiger partial charge in [-0.3, -0.25) is 4.79 Å². The Bertz CT molecular complexity index is 428. The third kappa shape index (κ3) is 3.53. The minimum Gasteiger partial charge on any atom is -1.00 e. The summed E-state index contributed by atoms with van der Waals surface area (Å²) in [5.41, 5.74) is 1.92. The van der Waals surface area contributed by atoms with Crippen molar-refractivity contribution in [3.05, 3.63) is 54.5 Å². The molecule has 0 amide bonds. The van der Waals surface area contributed by atoms with E-state index >= 15 is 0 Å². The minimum atomic E-state index is 0. The molecule has 18 heavy (non-hydrogen) atoms. The van der Waals surface area contributed by atoms with Crippen LogP contribution in [0.4, 0.5) is 0 Å². The van der Waals surface area contributed by atoms with Crippen LogP contribution in [-0.4, -0.2) is 28.7 Å². The van der Waals surface area contributed by atoms with E-state index in [1.807, 2.05) is 55.4 Å². The molecule has 0 aliphatic carbocycles. The molecule has 0 saturated carbocycles. The zero-order chi connectivity index (χ0) is 12.3. The molecule has 0 unspecified atom stereocenters. The van der Waals surface area contributed by atoms with Crippen LogP contribution in [0, 0.1) is 13.6 Å². The maximum atomic E-state index is 12.0. The lowest BCUT2D eigenvalue weighted by atomic mass is 10.1. The smallest absolute Gasteiger partial charge is 0.564 e. The second-order valence-corrected chi connectivity index (χ2v) is 4.10. The molecule has 95 valence electrons. The van der Waals surface area contributed by atoms with Crippen LogP contribution in [0.15, 0.2) is 36.7 Å². The van der Waals surface area contributed by atoms with Crippen molar-refractivity contribution in [3.8, 4) is 0 Å². The van der Waals surface area contributed by atoms with Crippen LogP contribution in [0.3, 0.4) is 0 Å². The van der Waals surface area contributed by atoms with Crippen LogP contribution in [0.1, 0.15) is 22.8 Å². The Balaban J connectivity index is 0.00000162. The second kappa shape index (κ2) is 6.50. The van der Waals surface area contributed by atoms with E-state index in [0.717, 1.165) is 17.7 Å². The lowest BCUT2D eigenvalue weighted by molar-refractivity contribution is -0.0000115. The fraction of sp³-hybridized carbons (Fsp3) is 0.286. The Labute approximate surface area is 119 Å². The second-order valence-electron chi connectivity index (χ2n) is 4.10. The van der Waals surface area contributed by atoms with Gasteiger partial charge in [-0.15, -0.1) is 9.80 Å². The largest absolute Gasteiger partial charge is 1.00 e. The van der Waals surface area contributed by atoms with E-state index in [4.69, 9.17) is 0 Å². The summed E-state index contributed by atoms with van der Waals surface area (Å²) in [5.74, 6) is 0.111.